The number of aromatic nitrogens is 1. The van der Waals surface area contributed by atoms with E-state index in [1.807, 2.05) is 61.1 Å². The summed E-state index contributed by atoms with van der Waals surface area (Å²) < 4.78 is 0. The van der Waals surface area contributed by atoms with Gasteiger partial charge in [0, 0.05) is 56.9 Å². The van der Waals surface area contributed by atoms with Gasteiger partial charge in [0.15, 0.2) is 0 Å². The number of nitrogens with one attached hydrogen (secondary N) is 4. The van der Waals surface area contributed by atoms with Gasteiger partial charge in [-0.2, -0.15) is 5.10 Å². The fourth-order valence-electron chi connectivity index (χ4n) is 5.73. The summed E-state index contributed by atoms with van der Waals surface area (Å²) in [6, 6.07) is 17.7. The molecule has 2 aliphatic rings. The van der Waals surface area contributed by atoms with Crippen LogP contribution in [0.2, 0.25) is 0 Å². The predicted molar refractivity (Wildman–Crippen MR) is 172 cm³/mol. The molecule has 0 radical (unpaired) electrons. The van der Waals surface area contributed by atoms with Crippen molar-refractivity contribution in [2.75, 3.05) is 39.5 Å². The zero-order chi connectivity index (χ0) is 31.4. The van der Waals surface area contributed by atoms with E-state index in [0.29, 0.717) is 19.5 Å². The smallest absolute Gasteiger partial charge is 0.319 e. The summed E-state index contributed by atoms with van der Waals surface area (Å²) in [7, 11) is 5.67. The van der Waals surface area contributed by atoms with Gasteiger partial charge in [0.25, 0.3) is 0 Å². The summed E-state index contributed by atoms with van der Waals surface area (Å²) in [4.78, 5) is 41.8. The predicted octanol–water partition coefficient (Wildman–Crippen LogP) is 2.87. The second-order valence-electron chi connectivity index (χ2n) is 11.1. The molecule has 1 spiro atoms. The summed E-state index contributed by atoms with van der Waals surface area (Å²) >= 11 is 0. The monoisotopic (exact) mass is 598 g/mol. The van der Waals surface area contributed by atoms with E-state index >= 15 is 0 Å². The number of likely N-dealkylation sites (N-methyl/N-ethyl adjacent to an activating group) is 1. The number of hydrogen-bond acceptors (Lipinski definition) is 8. The summed E-state index contributed by atoms with van der Waals surface area (Å²) in [6.45, 7) is 2.94. The molecule has 44 heavy (non-hydrogen) atoms. The molecule has 5 rings (SSSR count). The first-order valence-corrected chi connectivity index (χ1v) is 14.8. The number of aldehydes is 1. The number of rotatable bonds is 11. The Hall–Kier alpha value is -4.61. The van der Waals surface area contributed by atoms with Crippen molar-refractivity contribution in [2.45, 2.75) is 43.9 Å². The van der Waals surface area contributed by atoms with Gasteiger partial charge in [0.05, 0.1) is 17.8 Å². The van der Waals surface area contributed by atoms with E-state index in [1.54, 1.807) is 19.0 Å². The minimum atomic E-state index is -0.321. The maximum Gasteiger partial charge on any atom is 0.319 e. The van der Waals surface area contributed by atoms with Crippen LogP contribution in [0, 0.1) is 0 Å². The van der Waals surface area contributed by atoms with Crippen molar-refractivity contribution >= 4 is 30.6 Å². The molecule has 3 heterocycles. The number of fused-ring (bicyclic) bond motifs is 2. The number of urea groups is 1. The lowest BCUT2D eigenvalue weighted by Crippen LogP contribution is -2.56. The third-order valence-corrected chi connectivity index (χ3v) is 8.09. The first kappa shape index (κ1) is 32.3. The third-order valence-electron chi connectivity index (χ3n) is 8.09. The number of amides is 3. The Morgan fingerprint density at radius 2 is 1.80 bits per heavy atom. The molecule has 3 amide bonds. The van der Waals surface area contributed by atoms with Crippen molar-refractivity contribution in [2.24, 2.45) is 5.10 Å². The summed E-state index contributed by atoms with van der Waals surface area (Å²) in [5.41, 5.74) is 9.08. The molecule has 1 unspecified atom stereocenters. The van der Waals surface area contributed by atoms with Crippen LogP contribution in [-0.4, -0.2) is 80.0 Å². The van der Waals surface area contributed by atoms with Crippen molar-refractivity contribution in [3.8, 4) is 0 Å². The second kappa shape index (κ2) is 15.7. The molecule has 4 N–H and O–H groups in total. The molecule has 1 fully saturated rings. The second-order valence-corrected chi connectivity index (χ2v) is 11.1. The van der Waals surface area contributed by atoms with Gasteiger partial charge in [-0.15, -0.1) is 0 Å². The van der Waals surface area contributed by atoms with Crippen molar-refractivity contribution in [1.29, 1.82) is 0 Å². The Morgan fingerprint density at radius 1 is 1.05 bits per heavy atom. The van der Waals surface area contributed by atoms with E-state index in [-0.39, 0.29) is 17.6 Å². The molecule has 11 nitrogen and oxygen atoms in total. The third kappa shape index (κ3) is 8.27. The minimum Gasteiger partial charge on any atom is -0.345 e. The fourth-order valence-corrected chi connectivity index (χ4v) is 5.73. The number of carbonyl (C=O) groups excluding carboxylic acids is 3. The van der Waals surface area contributed by atoms with Crippen LogP contribution in [0.3, 0.4) is 0 Å². The number of benzene rings is 2. The lowest BCUT2D eigenvalue weighted by molar-refractivity contribution is -0.119. The SMILES string of the molecule is CN/N=C\c1cccc(CC(C=O)NC)c1CN(C)Cc1ccncc1.O=CN1CCC2(CC1)NC(=O)Nc1ccccc12. The van der Waals surface area contributed by atoms with Gasteiger partial charge in [0.2, 0.25) is 6.41 Å². The molecule has 2 aromatic carbocycles. The first-order valence-electron chi connectivity index (χ1n) is 14.8. The van der Waals surface area contributed by atoms with E-state index < -0.39 is 0 Å². The minimum absolute atomic E-state index is 0.159. The van der Waals surface area contributed by atoms with Crippen LogP contribution in [0.1, 0.15) is 40.7 Å². The summed E-state index contributed by atoms with van der Waals surface area (Å²) in [6.07, 6.45) is 9.45. The van der Waals surface area contributed by atoms with Crippen LogP contribution in [0.15, 0.2) is 72.1 Å². The lowest BCUT2D eigenvalue weighted by atomic mass is 9.79. The van der Waals surface area contributed by atoms with Gasteiger partial charge in [-0.1, -0.05) is 36.4 Å². The van der Waals surface area contributed by atoms with Crippen LogP contribution in [0.4, 0.5) is 10.5 Å². The number of likely N-dealkylation sites (tertiary alicyclic amines) is 1. The van der Waals surface area contributed by atoms with Gasteiger partial charge in [0.1, 0.15) is 6.29 Å². The molecular formula is C33H42N8O3. The van der Waals surface area contributed by atoms with Crippen molar-refractivity contribution < 1.29 is 14.4 Å². The Bertz CT molecular complexity index is 1420. The highest BCUT2D eigenvalue weighted by molar-refractivity contribution is 5.93. The zero-order valence-corrected chi connectivity index (χ0v) is 25.6. The Kier molecular flexibility index (Phi) is 11.6. The summed E-state index contributed by atoms with van der Waals surface area (Å²) in [5, 5.41) is 13.1. The van der Waals surface area contributed by atoms with Crippen LogP contribution in [0.5, 0.6) is 0 Å². The largest absolute Gasteiger partial charge is 0.345 e. The highest BCUT2D eigenvalue weighted by atomic mass is 16.2. The molecule has 2 aliphatic heterocycles. The van der Waals surface area contributed by atoms with E-state index in [4.69, 9.17) is 0 Å². The molecule has 1 aromatic heterocycles. The molecule has 232 valence electrons. The number of hydrazone groups is 1. The zero-order valence-electron chi connectivity index (χ0n) is 25.6. The maximum absolute atomic E-state index is 11.7. The van der Waals surface area contributed by atoms with E-state index in [9.17, 15) is 14.4 Å². The average Bonchev–Trinajstić information content (AvgIpc) is 3.04. The standard InChI is InChI=1S/C20H27N5O.C13H15N3O2/c1-21-19(15-26)11-17-5-4-6-18(12-24-22-2)20(17)14-25(3)13-16-7-9-23-10-8-16;17-9-16-7-5-13(6-8-16)10-3-1-2-4-11(10)14-12(18)15-13/h4-10,12,15,19,21-22H,11,13-14H2,1-3H3;1-4,9H,5-8H2,(H2,14,15,18)/b24-12-;. The van der Waals surface area contributed by atoms with Crippen molar-refractivity contribution in [3.05, 3.63) is 94.8 Å². The molecule has 0 saturated carbocycles. The highest BCUT2D eigenvalue weighted by Gasteiger charge is 2.41. The molecule has 0 bridgehead atoms. The molecule has 1 saturated heterocycles. The van der Waals surface area contributed by atoms with Crippen LogP contribution < -0.4 is 21.4 Å². The lowest BCUT2D eigenvalue weighted by Gasteiger charge is -2.44. The normalized spacial score (nSPS) is 15.9. The van der Waals surface area contributed by atoms with Gasteiger partial charge >= 0.3 is 6.03 Å². The van der Waals surface area contributed by atoms with Gasteiger partial charge in [-0.3, -0.25) is 14.7 Å². The van der Waals surface area contributed by atoms with Crippen LogP contribution >= 0.6 is 0 Å². The molecule has 3 aromatic rings. The quantitative estimate of drug-likeness (QED) is 0.152. The van der Waals surface area contributed by atoms with Gasteiger partial charge in [-0.25, -0.2) is 4.79 Å². The molecular weight excluding hydrogens is 556 g/mol. The molecule has 0 aliphatic carbocycles. The average molecular weight is 599 g/mol. The Morgan fingerprint density at radius 3 is 2.48 bits per heavy atom. The number of nitrogens with zero attached hydrogens (tertiary/aromatic N) is 4. The first-order chi connectivity index (χ1) is 21.4. The van der Waals surface area contributed by atoms with Crippen LogP contribution in [0.25, 0.3) is 0 Å². The number of para-hydroxylation sites is 1. The molecule has 11 heteroatoms. The molecule has 1 atom stereocenters. The number of pyridine rings is 1. The van der Waals surface area contributed by atoms with Crippen LogP contribution in [-0.2, 0) is 34.6 Å². The maximum atomic E-state index is 11.7. The van der Waals surface area contributed by atoms with Gasteiger partial charge in [-0.05, 0) is 73.8 Å². The fraction of sp³-hybridized carbons (Fsp3) is 0.364. The summed E-state index contributed by atoms with van der Waals surface area (Å²) in [5.74, 6) is 0. The van der Waals surface area contributed by atoms with E-state index in [2.05, 4.69) is 55.5 Å². The highest BCUT2D eigenvalue weighted by Crippen LogP contribution is 2.39. The van der Waals surface area contributed by atoms with Gasteiger partial charge < -0.3 is 31.1 Å². The van der Waals surface area contributed by atoms with E-state index in [1.165, 1.54) is 11.1 Å². The Balaban J connectivity index is 0.000000213. The van der Waals surface area contributed by atoms with E-state index in [0.717, 1.165) is 61.0 Å². The number of piperidine rings is 1. The number of carbonyl (C=O) groups is 3. The number of hydrogen-bond donors (Lipinski definition) is 4. The Labute approximate surface area is 259 Å². The number of anilines is 1. The van der Waals surface area contributed by atoms with Crippen molar-refractivity contribution in [1.82, 2.24) is 30.8 Å². The topological polar surface area (TPSA) is 131 Å². The van der Waals surface area contributed by atoms with Crippen molar-refractivity contribution in [3.63, 3.8) is 0 Å².